The summed E-state index contributed by atoms with van der Waals surface area (Å²) in [5.41, 5.74) is 0. The molecular formula is H14Al3N3O3Si2Y2. The monoisotopic (exact) mass is 419 g/mol. The van der Waals surface area contributed by atoms with Gasteiger partial charge in [0, 0.05) is 0 Å². The summed E-state index contributed by atoms with van der Waals surface area (Å²) in [6, 6.07) is 0. The van der Waals surface area contributed by atoms with Gasteiger partial charge in [-0.1, -0.05) is 0 Å². The fraction of sp³-hybridized carbons (Fsp3) is 0. The van der Waals surface area contributed by atoms with Gasteiger partial charge in [-0.2, -0.15) is 0 Å². The van der Waals surface area contributed by atoms with Gasteiger partial charge in [-0.15, -0.1) is 0 Å². The second-order valence-corrected chi connectivity index (χ2v) is 1.64. The first kappa shape index (κ1) is 43.5. The average molecular weight is 419 g/mol. The molecule has 0 aromatic carbocycles. The Balaban J connectivity index is -0.00000000720. The Bertz CT molecular complexity index is 34.6. The van der Waals surface area contributed by atoms with Crippen LogP contribution >= 0.6 is 0 Å². The molecule has 0 N–H and O–H groups in total. The van der Waals surface area contributed by atoms with E-state index in [9.17, 15) is 0 Å². The molecule has 0 amide bonds. The Morgan fingerprint density at radius 3 is 0.615 bits per heavy atom. The summed E-state index contributed by atoms with van der Waals surface area (Å²) < 4.78 is 10.2. The maximum Gasteiger partial charge on any atom is 3.00 e. The molecule has 0 saturated carbocycles. The van der Waals surface area contributed by atoms with Crippen molar-refractivity contribution < 1.29 is 77.1 Å². The largest absolute Gasteiger partial charge is 3.00 e. The summed E-state index contributed by atoms with van der Waals surface area (Å²) in [6.45, 7) is 0. The quantitative estimate of drug-likeness (QED) is 0.291. The number of rotatable bonds is 0. The molecular weight excluding hydrogens is 405 g/mol. The molecule has 0 rings (SSSR count). The zero-order valence-electron chi connectivity index (χ0n) is 6.72. The Kier molecular flexibility index (Phi) is 246. The predicted octanol–water partition coefficient (Wildman–Crippen LogP) is -5.00. The van der Waals surface area contributed by atoms with Crippen LogP contribution in [0.1, 0.15) is 0 Å². The van der Waals surface area contributed by atoms with Gasteiger partial charge in [-0.3, -0.25) is 0 Å². The van der Waals surface area contributed by atoms with Crippen LogP contribution in [0.5, 0.6) is 0 Å². The summed E-state index contributed by atoms with van der Waals surface area (Å²) >= 11 is 1.27. The summed E-state index contributed by atoms with van der Waals surface area (Å²) in [7, 11) is 0. The van der Waals surface area contributed by atoms with Crippen LogP contribution < -0.4 is 0 Å². The van der Waals surface area contributed by atoms with E-state index >= 15 is 0 Å². The molecule has 0 bridgehead atoms. The van der Waals surface area contributed by atoms with Gasteiger partial charge in [-0.25, -0.2) is 0 Å². The molecule has 0 aliphatic heterocycles. The van der Waals surface area contributed by atoms with Crippen molar-refractivity contribution in [2.75, 3.05) is 0 Å². The molecule has 0 saturated heterocycles. The average Bonchev–Trinajstić information content (AvgIpc) is 1.70. The van der Waals surface area contributed by atoms with Gasteiger partial charge >= 0.3 is 115 Å². The van der Waals surface area contributed by atoms with Gasteiger partial charge in [0.1, 0.15) is 0 Å². The van der Waals surface area contributed by atoms with Crippen molar-refractivity contribution in [3.63, 3.8) is 0 Å². The molecule has 6 nitrogen and oxygen atoms in total. The molecule has 0 heterocycles. The molecule has 0 fully saturated rings. The zero-order valence-corrected chi connectivity index (χ0v) is 18.4. The Hall–Kier alpha value is 4.00. The first-order valence-electron chi connectivity index (χ1n) is 1.77. The van der Waals surface area contributed by atoms with Gasteiger partial charge in [-0.05, 0) is 21.9 Å². The van der Waals surface area contributed by atoms with E-state index in [1.54, 1.807) is 0 Å². The second-order valence-electron chi connectivity index (χ2n) is 0.548. The normalized spacial score (nSPS) is 3.92. The van der Waals surface area contributed by atoms with Crippen molar-refractivity contribution in [1.29, 1.82) is 0 Å². The van der Waals surface area contributed by atoms with E-state index in [2.05, 4.69) is 11.7 Å². The van der Waals surface area contributed by atoms with Gasteiger partial charge in [0.25, 0.3) is 0 Å². The van der Waals surface area contributed by atoms with Crippen molar-refractivity contribution >= 4 is 71.8 Å². The molecule has 13 heteroatoms. The molecule has 0 aliphatic rings. The zero-order chi connectivity index (χ0) is 8.12. The summed E-state index contributed by atoms with van der Waals surface area (Å²) in [6.07, 6.45) is 0. The second kappa shape index (κ2) is 73.5. The summed E-state index contributed by atoms with van der Waals surface area (Å²) in [5, 5.41) is 0. The van der Waals surface area contributed by atoms with E-state index in [0.29, 0.717) is 49.9 Å². The van der Waals surface area contributed by atoms with Crippen LogP contribution in [0.25, 0.3) is 17.7 Å². The molecule has 70 valence electrons. The van der Waals surface area contributed by atoms with E-state index in [-0.39, 0.29) is 87.3 Å². The molecule has 0 unspecified atom stereocenters. The summed E-state index contributed by atoms with van der Waals surface area (Å²) in [5.74, 6) is 21.4. The van der Waals surface area contributed by atoms with Crippen molar-refractivity contribution in [3.8, 4) is 0 Å². The van der Waals surface area contributed by atoms with Crippen molar-refractivity contribution in [3.05, 3.63) is 17.7 Å². The topological polar surface area (TPSA) is 94.6 Å². The molecule has 0 aromatic rings. The van der Waals surface area contributed by atoms with E-state index in [1.165, 1.54) is 0 Å². The SMILES string of the molecule is [N-2][O][AlH2].[N-2][O][AlH2].[N-2][O][AlH2].[SiH4].[SiH4].[Y+3].[Y+3]. The van der Waals surface area contributed by atoms with Crippen LogP contribution in [-0.2, 0) is 77.1 Å². The Morgan fingerprint density at radius 1 is 0.615 bits per heavy atom. The van der Waals surface area contributed by atoms with Crippen molar-refractivity contribution in [2.45, 2.75) is 0 Å². The first-order valence-corrected chi connectivity index (χ1v) is 4.22. The number of hydrogen-bond donors (Lipinski definition) is 0. The minimum atomic E-state index is 0. The smallest absolute Gasteiger partial charge is 1.46 e. The molecule has 0 aliphatic carbocycles. The van der Waals surface area contributed by atoms with E-state index in [1.807, 2.05) is 0 Å². The van der Waals surface area contributed by atoms with Gasteiger partial charge in [0.2, 0.25) is 0 Å². The van der Waals surface area contributed by atoms with Crippen LogP contribution in [-0.4, -0.2) is 71.8 Å². The van der Waals surface area contributed by atoms with Crippen molar-refractivity contribution in [1.82, 2.24) is 0 Å². The third kappa shape index (κ3) is 196. The van der Waals surface area contributed by atoms with Crippen LogP contribution in [0.3, 0.4) is 0 Å². The van der Waals surface area contributed by atoms with Crippen LogP contribution in [0.4, 0.5) is 0 Å². The minimum absolute atomic E-state index is 0. The Labute approximate surface area is 163 Å². The van der Waals surface area contributed by atoms with Crippen LogP contribution in [0, 0.1) is 0 Å². The molecule has 13 heavy (non-hydrogen) atoms. The maximum absolute atomic E-state index is 7.13. The molecule has 0 radical (unpaired) electrons. The fourth-order valence-corrected chi connectivity index (χ4v) is 0. The Morgan fingerprint density at radius 2 is 0.615 bits per heavy atom. The molecule has 0 atom stereocenters. The van der Waals surface area contributed by atoms with E-state index in [4.69, 9.17) is 17.7 Å². The van der Waals surface area contributed by atoms with E-state index in [0.717, 1.165) is 0 Å². The van der Waals surface area contributed by atoms with Gasteiger partial charge in [0.15, 0.2) is 0 Å². The number of hydrogen-bond acceptors (Lipinski definition) is 3. The van der Waals surface area contributed by atoms with Crippen LogP contribution in [0.2, 0.25) is 0 Å². The van der Waals surface area contributed by atoms with Gasteiger partial charge < -0.3 is 29.4 Å². The molecule has 0 spiro atoms. The third-order valence-electron chi connectivity index (χ3n) is 0. The summed E-state index contributed by atoms with van der Waals surface area (Å²) in [4.78, 5) is 0. The van der Waals surface area contributed by atoms with Crippen molar-refractivity contribution in [2.24, 2.45) is 0 Å². The molecule has 0 aromatic heterocycles. The van der Waals surface area contributed by atoms with Crippen LogP contribution in [0.15, 0.2) is 0 Å². The standard InChI is InChI=1S/3Al.3NO.2H4Si.2Y.6H/c;;;3*1-2;;;;;;;;;;/h;;;;;;2*1H4;;;;;;;;/q3*+1;3*-3;;;2*+3;;;;;;. The first-order chi connectivity index (χ1) is 4.24. The van der Waals surface area contributed by atoms with Gasteiger partial charge in [0.05, 0.1) is 0 Å². The third-order valence-corrected chi connectivity index (χ3v) is 0. The number of nitrogens with zero attached hydrogens (tertiary/aromatic N) is 3. The minimum Gasteiger partial charge on any atom is -1.46 e. The maximum atomic E-state index is 7.13. The fourth-order valence-electron chi connectivity index (χ4n) is 0. The predicted molar refractivity (Wildman–Crippen MR) is 61.6 cm³/mol. The van der Waals surface area contributed by atoms with E-state index < -0.39 is 0 Å².